The van der Waals surface area contributed by atoms with E-state index in [2.05, 4.69) is 51.8 Å². The third kappa shape index (κ3) is 1.92. The lowest BCUT2D eigenvalue weighted by atomic mass is 9.98. The average Bonchev–Trinajstić information content (AvgIpc) is 2.55. The first kappa shape index (κ1) is 11.4. The molecule has 0 bridgehead atoms. The molecule has 16 heavy (non-hydrogen) atoms. The van der Waals surface area contributed by atoms with E-state index < -0.39 is 0 Å². The number of nitrogens with zero attached hydrogens (tertiary/aromatic N) is 1. The van der Waals surface area contributed by atoms with Crippen molar-refractivity contribution in [3.63, 3.8) is 0 Å². The van der Waals surface area contributed by atoms with Crippen LogP contribution in [0.5, 0.6) is 0 Å². The second-order valence-corrected chi connectivity index (χ2v) is 5.02. The van der Waals surface area contributed by atoms with Gasteiger partial charge in [-0.1, -0.05) is 19.1 Å². The van der Waals surface area contributed by atoms with E-state index >= 15 is 0 Å². The Labute approximate surface area is 103 Å². The number of rotatable bonds is 3. The molecule has 1 heterocycles. The highest BCUT2D eigenvalue weighted by Crippen LogP contribution is 2.29. The normalized spacial score (nSPS) is 12.9. The quantitative estimate of drug-likeness (QED) is 0.787. The van der Waals surface area contributed by atoms with Crippen LogP contribution in [0.4, 0.5) is 0 Å². The molecule has 1 atom stereocenters. The van der Waals surface area contributed by atoms with E-state index in [1.54, 1.807) is 0 Å². The molecule has 0 saturated carbocycles. The van der Waals surface area contributed by atoms with Gasteiger partial charge in [-0.05, 0) is 33.5 Å². The maximum atomic E-state index is 10.5. The largest absolute Gasteiger partial charge is 0.349 e. The molecule has 2 aromatic rings. The van der Waals surface area contributed by atoms with Gasteiger partial charge in [0.1, 0.15) is 6.29 Å². The highest BCUT2D eigenvalue weighted by molar-refractivity contribution is 9.10. The number of aryl methyl sites for hydroxylation is 1. The van der Waals surface area contributed by atoms with Crippen molar-refractivity contribution in [2.24, 2.45) is 7.05 Å². The SMILES string of the molecule is CC(CC=O)c1ccc2c(Br)cn(C)c2c1. The van der Waals surface area contributed by atoms with Crippen molar-refractivity contribution >= 4 is 33.1 Å². The van der Waals surface area contributed by atoms with Crippen molar-refractivity contribution in [1.29, 1.82) is 0 Å². The smallest absolute Gasteiger partial charge is 0.120 e. The molecular weight excluding hydrogens is 266 g/mol. The summed E-state index contributed by atoms with van der Waals surface area (Å²) in [6, 6.07) is 6.37. The van der Waals surface area contributed by atoms with Crippen LogP contribution in [0.1, 0.15) is 24.8 Å². The van der Waals surface area contributed by atoms with Gasteiger partial charge in [0.15, 0.2) is 0 Å². The molecule has 0 radical (unpaired) electrons. The summed E-state index contributed by atoms with van der Waals surface area (Å²) >= 11 is 3.53. The fraction of sp³-hybridized carbons (Fsp3) is 0.308. The van der Waals surface area contributed by atoms with Gasteiger partial charge in [0.05, 0.1) is 0 Å². The second kappa shape index (κ2) is 4.42. The molecule has 2 nitrogen and oxygen atoms in total. The molecular formula is C13H14BrNO. The van der Waals surface area contributed by atoms with Gasteiger partial charge >= 0.3 is 0 Å². The van der Waals surface area contributed by atoms with Crippen LogP contribution in [0.2, 0.25) is 0 Å². The number of aldehydes is 1. The summed E-state index contributed by atoms with van der Waals surface area (Å²) in [5.74, 6) is 0.288. The Kier molecular flexibility index (Phi) is 3.15. The number of carbonyl (C=O) groups is 1. The van der Waals surface area contributed by atoms with Crippen LogP contribution < -0.4 is 0 Å². The molecule has 0 amide bonds. The monoisotopic (exact) mass is 279 g/mol. The second-order valence-electron chi connectivity index (χ2n) is 4.17. The zero-order valence-electron chi connectivity index (χ0n) is 9.40. The first-order valence-electron chi connectivity index (χ1n) is 5.31. The maximum Gasteiger partial charge on any atom is 0.120 e. The van der Waals surface area contributed by atoms with E-state index in [9.17, 15) is 4.79 Å². The van der Waals surface area contributed by atoms with Gasteiger partial charge in [0, 0.05) is 35.0 Å². The molecule has 0 aliphatic carbocycles. The van der Waals surface area contributed by atoms with Crippen molar-refractivity contribution in [2.75, 3.05) is 0 Å². The van der Waals surface area contributed by atoms with Crippen LogP contribution in [0.3, 0.4) is 0 Å². The predicted molar refractivity (Wildman–Crippen MR) is 69.7 cm³/mol. The van der Waals surface area contributed by atoms with Gasteiger partial charge < -0.3 is 9.36 Å². The van der Waals surface area contributed by atoms with Gasteiger partial charge in [-0.3, -0.25) is 0 Å². The summed E-state index contributed by atoms with van der Waals surface area (Å²) in [5.41, 5.74) is 2.41. The zero-order valence-corrected chi connectivity index (χ0v) is 11.0. The zero-order chi connectivity index (χ0) is 11.7. The number of hydrogen-bond acceptors (Lipinski definition) is 1. The molecule has 0 aliphatic heterocycles. The third-order valence-electron chi connectivity index (χ3n) is 2.98. The third-order valence-corrected chi connectivity index (χ3v) is 3.62. The lowest BCUT2D eigenvalue weighted by Gasteiger charge is -2.08. The Bertz CT molecular complexity index is 530. The summed E-state index contributed by atoms with van der Waals surface area (Å²) in [4.78, 5) is 10.5. The van der Waals surface area contributed by atoms with Crippen LogP contribution in [0, 0.1) is 0 Å². The number of hydrogen-bond donors (Lipinski definition) is 0. The Morgan fingerprint density at radius 3 is 2.94 bits per heavy atom. The highest BCUT2D eigenvalue weighted by Gasteiger charge is 2.09. The van der Waals surface area contributed by atoms with Gasteiger partial charge in [-0.2, -0.15) is 0 Å². The van der Waals surface area contributed by atoms with Crippen molar-refractivity contribution in [2.45, 2.75) is 19.3 Å². The number of fused-ring (bicyclic) bond motifs is 1. The minimum Gasteiger partial charge on any atom is -0.349 e. The predicted octanol–water partition coefficient (Wildman–Crippen LogP) is 3.63. The van der Waals surface area contributed by atoms with Crippen LogP contribution in [-0.2, 0) is 11.8 Å². The molecule has 1 aromatic carbocycles. The fourth-order valence-corrected chi connectivity index (χ4v) is 2.58. The Morgan fingerprint density at radius 2 is 2.25 bits per heavy atom. The average molecular weight is 280 g/mol. The van der Waals surface area contributed by atoms with Crippen molar-refractivity contribution < 1.29 is 4.79 Å². The van der Waals surface area contributed by atoms with Crippen LogP contribution in [-0.4, -0.2) is 10.9 Å². The minimum atomic E-state index is 0.288. The number of halogens is 1. The molecule has 3 heteroatoms. The van der Waals surface area contributed by atoms with Crippen LogP contribution in [0.15, 0.2) is 28.9 Å². The number of aromatic nitrogens is 1. The summed E-state index contributed by atoms with van der Waals surface area (Å²) in [7, 11) is 2.03. The topological polar surface area (TPSA) is 22.0 Å². The number of benzene rings is 1. The first-order chi connectivity index (χ1) is 7.63. The first-order valence-corrected chi connectivity index (χ1v) is 6.11. The van der Waals surface area contributed by atoms with E-state index in [0.717, 1.165) is 10.8 Å². The van der Waals surface area contributed by atoms with E-state index in [0.29, 0.717) is 6.42 Å². The minimum absolute atomic E-state index is 0.288. The lowest BCUT2D eigenvalue weighted by molar-refractivity contribution is -0.108. The molecule has 0 aliphatic rings. The lowest BCUT2D eigenvalue weighted by Crippen LogP contribution is -1.95. The molecule has 0 spiro atoms. The Morgan fingerprint density at radius 1 is 1.50 bits per heavy atom. The highest BCUT2D eigenvalue weighted by atomic mass is 79.9. The molecule has 1 unspecified atom stereocenters. The summed E-state index contributed by atoms with van der Waals surface area (Å²) in [6.45, 7) is 2.08. The summed E-state index contributed by atoms with van der Waals surface area (Å²) < 4.78 is 3.20. The van der Waals surface area contributed by atoms with Gasteiger partial charge in [0.25, 0.3) is 0 Å². The molecule has 1 aromatic heterocycles. The van der Waals surface area contributed by atoms with Crippen LogP contribution >= 0.6 is 15.9 Å². The van der Waals surface area contributed by atoms with Gasteiger partial charge in [-0.15, -0.1) is 0 Å². The molecule has 2 rings (SSSR count). The Hall–Kier alpha value is -1.09. The Balaban J connectivity index is 2.51. The molecule has 0 fully saturated rings. The van der Waals surface area contributed by atoms with Crippen molar-refractivity contribution in [3.8, 4) is 0 Å². The van der Waals surface area contributed by atoms with E-state index in [4.69, 9.17) is 0 Å². The molecule has 0 N–H and O–H groups in total. The summed E-state index contributed by atoms with van der Waals surface area (Å²) in [6.07, 6.45) is 3.62. The molecule has 84 valence electrons. The molecule has 0 saturated heterocycles. The van der Waals surface area contributed by atoms with E-state index in [1.807, 2.05) is 7.05 Å². The van der Waals surface area contributed by atoms with Gasteiger partial charge in [-0.25, -0.2) is 0 Å². The van der Waals surface area contributed by atoms with Gasteiger partial charge in [0.2, 0.25) is 0 Å². The van der Waals surface area contributed by atoms with E-state index in [1.165, 1.54) is 16.5 Å². The van der Waals surface area contributed by atoms with Crippen molar-refractivity contribution in [1.82, 2.24) is 4.57 Å². The maximum absolute atomic E-state index is 10.5. The van der Waals surface area contributed by atoms with Crippen LogP contribution in [0.25, 0.3) is 10.9 Å². The standard InChI is InChI=1S/C13H14BrNO/c1-9(5-6-16)10-3-4-11-12(14)8-15(2)13(11)7-10/h3-4,6-9H,5H2,1-2H3. The fourth-order valence-electron chi connectivity index (χ4n) is 1.94. The number of carbonyl (C=O) groups excluding carboxylic acids is 1. The van der Waals surface area contributed by atoms with E-state index in [-0.39, 0.29) is 5.92 Å². The van der Waals surface area contributed by atoms with Crippen molar-refractivity contribution in [3.05, 3.63) is 34.4 Å². The summed E-state index contributed by atoms with van der Waals surface area (Å²) in [5, 5.41) is 1.21.